The average Bonchev–Trinajstić information content (AvgIpc) is 2.64. The van der Waals surface area contributed by atoms with E-state index in [1.165, 1.54) is 17.1 Å². The van der Waals surface area contributed by atoms with Crippen molar-refractivity contribution in [2.24, 2.45) is 24.8 Å². The van der Waals surface area contributed by atoms with Gasteiger partial charge < -0.3 is 0 Å². The summed E-state index contributed by atoms with van der Waals surface area (Å²) in [7, 11) is -1.74. The van der Waals surface area contributed by atoms with Crippen LogP contribution in [0.15, 0.2) is 17.3 Å². The van der Waals surface area contributed by atoms with Gasteiger partial charge in [0, 0.05) is 19.8 Å². The Kier molecular flexibility index (Phi) is 4.92. The highest BCUT2D eigenvalue weighted by molar-refractivity contribution is 7.89. The zero-order valence-corrected chi connectivity index (χ0v) is 12.5. The highest BCUT2D eigenvalue weighted by Gasteiger charge is 2.22. The van der Waals surface area contributed by atoms with Gasteiger partial charge in [0.2, 0.25) is 10.0 Å². The first-order chi connectivity index (χ1) is 8.24. The maximum atomic E-state index is 12.0. The van der Waals surface area contributed by atoms with Crippen LogP contribution < -0.4 is 4.72 Å². The minimum Gasteiger partial charge on any atom is -0.274 e. The van der Waals surface area contributed by atoms with E-state index in [4.69, 9.17) is 0 Å². The van der Waals surface area contributed by atoms with Gasteiger partial charge in [-0.2, -0.15) is 5.10 Å². The molecule has 0 aromatic carbocycles. The molecule has 0 aliphatic heterocycles. The predicted molar refractivity (Wildman–Crippen MR) is 71.6 cm³/mol. The molecule has 18 heavy (non-hydrogen) atoms. The van der Waals surface area contributed by atoms with Crippen LogP contribution in [-0.4, -0.2) is 24.7 Å². The molecule has 104 valence electrons. The summed E-state index contributed by atoms with van der Waals surface area (Å²) in [6.07, 6.45) is 2.87. The minimum absolute atomic E-state index is 0.219. The zero-order chi connectivity index (χ0) is 13.9. The minimum atomic E-state index is -3.43. The average molecular weight is 273 g/mol. The van der Waals surface area contributed by atoms with E-state index in [0.717, 1.165) is 0 Å². The molecule has 1 aromatic rings. The Morgan fingerprint density at radius 1 is 1.28 bits per heavy atom. The summed E-state index contributed by atoms with van der Waals surface area (Å²) in [4.78, 5) is 0.219. The van der Waals surface area contributed by atoms with Gasteiger partial charge >= 0.3 is 0 Å². The molecule has 0 saturated carbocycles. The van der Waals surface area contributed by atoms with E-state index < -0.39 is 10.0 Å². The second-order valence-electron chi connectivity index (χ2n) is 5.35. The second kappa shape index (κ2) is 5.84. The highest BCUT2D eigenvalue weighted by atomic mass is 32.2. The van der Waals surface area contributed by atoms with Crippen molar-refractivity contribution >= 4 is 10.0 Å². The monoisotopic (exact) mass is 273 g/mol. The van der Waals surface area contributed by atoms with Crippen molar-refractivity contribution in [3.8, 4) is 0 Å². The Balaban J connectivity index is 2.73. The summed E-state index contributed by atoms with van der Waals surface area (Å²) in [6.45, 7) is 8.92. The van der Waals surface area contributed by atoms with Crippen LogP contribution in [0.1, 0.15) is 27.7 Å². The first kappa shape index (κ1) is 15.2. The van der Waals surface area contributed by atoms with E-state index in [1.807, 2.05) is 0 Å². The van der Waals surface area contributed by atoms with Crippen molar-refractivity contribution in [3.05, 3.63) is 12.4 Å². The fraction of sp³-hybridized carbons (Fsp3) is 0.750. The molecule has 0 fully saturated rings. The van der Waals surface area contributed by atoms with Crippen molar-refractivity contribution < 1.29 is 8.42 Å². The van der Waals surface area contributed by atoms with Crippen LogP contribution in [-0.2, 0) is 17.1 Å². The third-order valence-electron chi connectivity index (χ3n) is 3.21. The van der Waals surface area contributed by atoms with Crippen LogP contribution in [0.3, 0.4) is 0 Å². The van der Waals surface area contributed by atoms with Crippen molar-refractivity contribution in [2.75, 3.05) is 6.54 Å². The van der Waals surface area contributed by atoms with Gasteiger partial charge in [-0.1, -0.05) is 27.7 Å². The largest absolute Gasteiger partial charge is 0.274 e. The molecule has 0 saturated heterocycles. The molecular weight excluding hydrogens is 250 g/mol. The lowest BCUT2D eigenvalue weighted by Gasteiger charge is -2.24. The Labute approximate surface area is 110 Å². The van der Waals surface area contributed by atoms with Crippen molar-refractivity contribution in [1.29, 1.82) is 0 Å². The summed E-state index contributed by atoms with van der Waals surface area (Å²) in [5.41, 5.74) is 0. The van der Waals surface area contributed by atoms with E-state index in [2.05, 4.69) is 37.5 Å². The summed E-state index contributed by atoms with van der Waals surface area (Å²) in [5.74, 6) is 1.22. The molecular formula is C12H23N3O2S. The van der Waals surface area contributed by atoms with Crippen LogP contribution in [0.4, 0.5) is 0 Å². The van der Waals surface area contributed by atoms with Crippen LogP contribution >= 0.6 is 0 Å². The third kappa shape index (κ3) is 3.81. The molecule has 0 aliphatic rings. The quantitative estimate of drug-likeness (QED) is 0.856. The smallest absolute Gasteiger partial charge is 0.243 e. The number of sulfonamides is 1. The maximum Gasteiger partial charge on any atom is 0.243 e. The summed E-state index contributed by atoms with van der Waals surface area (Å²) < 4.78 is 28.2. The maximum absolute atomic E-state index is 12.0. The van der Waals surface area contributed by atoms with Gasteiger partial charge in [-0.05, 0) is 17.8 Å². The second-order valence-corrected chi connectivity index (χ2v) is 7.12. The van der Waals surface area contributed by atoms with E-state index in [1.54, 1.807) is 7.05 Å². The van der Waals surface area contributed by atoms with E-state index in [9.17, 15) is 8.42 Å². The normalized spacial score (nSPS) is 12.9. The lowest BCUT2D eigenvalue weighted by Crippen LogP contribution is -2.33. The lowest BCUT2D eigenvalue weighted by atomic mass is 9.86. The first-order valence-electron chi connectivity index (χ1n) is 6.22. The number of hydrogen-bond donors (Lipinski definition) is 1. The van der Waals surface area contributed by atoms with Gasteiger partial charge in [-0.25, -0.2) is 13.1 Å². The van der Waals surface area contributed by atoms with Crippen molar-refractivity contribution in [2.45, 2.75) is 32.6 Å². The Bertz CT molecular complexity index is 469. The first-order valence-corrected chi connectivity index (χ1v) is 7.70. The van der Waals surface area contributed by atoms with E-state index in [0.29, 0.717) is 24.3 Å². The summed E-state index contributed by atoms with van der Waals surface area (Å²) in [5, 5.41) is 3.88. The molecule has 1 rings (SSSR count). The number of aromatic nitrogens is 2. The van der Waals surface area contributed by atoms with E-state index in [-0.39, 0.29) is 4.90 Å². The van der Waals surface area contributed by atoms with Gasteiger partial charge in [0.25, 0.3) is 0 Å². The fourth-order valence-corrected chi connectivity index (χ4v) is 3.12. The predicted octanol–water partition coefficient (Wildman–Crippen LogP) is 1.63. The van der Waals surface area contributed by atoms with Gasteiger partial charge in [0.1, 0.15) is 4.90 Å². The Hall–Kier alpha value is -0.880. The highest BCUT2D eigenvalue weighted by Crippen LogP contribution is 2.20. The van der Waals surface area contributed by atoms with Crippen molar-refractivity contribution in [1.82, 2.24) is 14.5 Å². The number of nitrogens with zero attached hydrogens (tertiary/aromatic N) is 2. The number of nitrogens with one attached hydrogen (secondary N) is 1. The molecule has 0 bridgehead atoms. The third-order valence-corrected chi connectivity index (χ3v) is 4.59. The zero-order valence-electron chi connectivity index (χ0n) is 11.7. The molecule has 0 spiro atoms. The Morgan fingerprint density at radius 3 is 2.22 bits per heavy atom. The fourth-order valence-electron chi connectivity index (χ4n) is 2.07. The topological polar surface area (TPSA) is 64.0 Å². The van der Waals surface area contributed by atoms with Crippen LogP contribution in [0.2, 0.25) is 0 Å². The molecule has 5 nitrogen and oxygen atoms in total. The van der Waals surface area contributed by atoms with Gasteiger partial charge in [0.05, 0.1) is 6.20 Å². The Morgan fingerprint density at radius 2 is 1.83 bits per heavy atom. The van der Waals surface area contributed by atoms with Crippen LogP contribution in [0, 0.1) is 17.8 Å². The molecule has 0 unspecified atom stereocenters. The van der Waals surface area contributed by atoms with Gasteiger partial charge in [0.15, 0.2) is 0 Å². The van der Waals surface area contributed by atoms with Crippen LogP contribution in [0.5, 0.6) is 0 Å². The summed E-state index contributed by atoms with van der Waals surface area (Å²) in [6, 6.07) is 0. The van der Waals surface area contributed by atoms with Crippen molar-refractivity contribution in [3.63, 3.8) is 0 Å². The van der Waals surface area contributed by atoms with Gasteiger partial charge in [-0.15, -0.1) is 0 Å². The van der Waals surface area contributed by atoms with Crippen LogP contribution in [0.25, 0.3) is 0 Å². The standard InChI is InChI=1S/C12H23N3O2S/c1-9(2)12(10(3)4)7-14-18(16,17)11-6-13-15(5)8-11/h6,8-10,12,14H,7H2,1-5H3. The molecule has 1 heterocycles. The molecule has 1 aromatic heterocycles. The number of rotatable bonds is 6. The molecule has 6 heteroatoms. The number of aryl methyl sites for hydroxylation is 1. The SMILES string of the molecule is CC(C)C(CNS(=O)(=O)c1cnn(C)c1)C(C)C. The molecule has 0 radical (unpaired) electrons. The summed E-state index contributed by atoms with van der Waals surface area (Å²) >= 11 is 0. The molecule has 0 amide bonds. The van der Waals surface area contributed by atoms with E-state index >= 15 is 0 Å². The number of hydrogen-bond acceptors (Lipinski definition) is 3. The molecule has 0 aliphatic carbocycles. The van der Waals surface area contributed by atoms with Gasteiger partial charge in [-0.3, -0.25) is 4.68 Å². The lowest BCUT2D eigenvalue weighted by molar-refractivity contribution is 0.289. The molecule has 0 atom stereocenters. The molecule has 1 N–H and O–H groups in total.